The van der Waals surface area contributed by atoms with Crippen molar-refractivity contribution in [3.63, 3.8) is 0 Å². The van der Waals surface area contributed by atoms with Crippen LogP contribution in [0.15, 0.2) is 36.1 Å². The molecule has 1 aromatic carbocycles. The van der Waals surface area contributed by atoms with Crippen LogP contribution in [0.3, 0.4) is 0 Å². The second-order valence-corrected chi connectivity index (χ2v) is 9.76. The molecule has 1 unspecified atom stereocenters. The SMILES string of the molecule is CC.COc1cc(C2C=C(CN3CCC4(CCCO4)CC3)C=CN2)cc(C2CCC2)c1Cl. The molecule has 5 rings (SSSR count). The number of nitrogens with zero attached hydrogens (tertiary/aromatic N) is 1. The molecule has 32 heavy (non-hydrogen) atoms. The van der Waals surface area contributed by atoms with E-state index in [0.29, 0.717) is 5.92 Å². The summed E-state index contributed by atoms with van der Waals surface area (Å²) in [7, 11) is 1.71. The first-order valence-electron chi connectivity index (χ1n) is 12.5. The summed E-state index contributed by atoms with van der Waals surface area (Å²) in [6.45, 7) is 8.22. The summed E-state index contributed by atoms with van der Waals surface area (Å²) in [5.41, 5.74) is 4.05. The van der Waals surface area contributed by atoms with Crippen LogP contribution in [0.1, 0.15) is 81.9 Å². The second kappa shape index (κ2) is 10.6. The maximum Gasteiger partial charge on any atom is 0.138 e. The van der Waals surface area contributed by atoms with Crippen molar-refractivity contribution in [3.05, 3.63) is 52.2 Å². The van der Waals surface area contributed by atoms with E-state index in [9.17, 15) is 0 Å². The number of likely N-dealkylation sites (tertiary alicyclic amines) is 1. The van der Waals surface area contributed by atoms with Gasteiger partial charge in [0, 0.05) is 26.2 Å². The zero-order valence-corrected chi connectivity index (χ0v) is 20.7. The fraction of sp³-hybridized carbons (Fsp3) is 0.630. The zero-order chi connectivity index (χ0) is 22.6. The number of halogens is 1. The first-order chi connectivity index (χ1) is 15.7. The maximum absolute atomic E-state index is 6.64. The number of benzene rings is 1. The molecule has 1 spiro atoms. The van der Waals surface area contributed by atoms with E-state index in [0.717, 1.165) is 37.0 Å². The molecule has 3 fully saturated rings. The van der Waals surface area contributed by atoms with Crippen LogP contribution in [0.4, 0.5) is 0 Å². The molecular formula is C27H39ClN2O2. The maximum atomic E-state index is 6.64. The average Bonchev–Trinajstić information content (AvgIpc) is 3.25. The number of nitrogens with one attached hydrogen (secondary N) is 1. The molecule has 2 saturated heterocycles. The molecule has 0 bridgehead atoms. The van der Waals surface area contributed by atoms with Gasteiger partial charge in [-0.15, -0.1) is 0 Å². The molecular weight excluding hydrogens is 420 g/mol. The van der Waals surface area contributed by atoms with E-state index in [2.05, 4.69) is 40.7 Å². The van der Waals surface area contributed by atoms with Gasteiger partial charge in [0.25, 0.3) is 0 Å². The van der Waals surface area contributed by atoms with Crippen LogP contribution in [0.2, 0.25) is 5.02 Å². The van der Waals surface area contributed by atoms with Gasteiger partial charge in [-0.1, -0.05) is 44.0 Å². The fourth-order valence-corrected chi connectivity index (χ4v) is 5.73. The third-order valence-corrected chi connectivity index (χ3v) is 7.93. The summed E-state index contributed by atoms with van der Waals surface area (Å²) >= 11 is 6.64. The predicted molar refractivity (Wildman–Crippen MR) is 133 cm³/mol. The highest BCUT2D eigenvalue weighted by atomic mass is 35.5. The number of hydrogen-bond donors (Lipinski definition) is 1. The van der Waals surface area contributed by atoms with Crippen LogP contribution >= 0.6 is 11.6 Å². The van der Waals surface area contributed by atoms with E-state index in [1.54, 1.807) is 7.11 Å². The molecule has 0 radical (unpaired) electrons. The Labute approximate surface area is 199 Å². The van der Waals surface area contributed by atoms with E-state index >= 15 is 0 Å². The number of methoxy groups -OCH3 is 1. The molecule has 1 aromatic rings. The lowest BCUT2D eigenvalue weighted by Crippen LogP contribution is -2.44. The first-order valence-corrected chi connectivity index (χ1v) is 12.9. The minimum Gasteiger partial charge on any atom is -0.495 e. The average molecular weight is 459 g/mol. The van der Waals surface area contributed by atoms with Crippen LogP contribution < -0.4 is 10.1 Å². The van der Waals surface area contributed by atoms with Gasteiger partial charge in [0.1, 0.15) is 5.75 Å². The van der Waals surface area contributed by atoms with E-state index in [-0.39, 0.29) is 11.6 Å². The van der Waals surface area contributed by atoms with Gasteiger partial charge in [-0.05, 0) is 79.5 Å². The molecule has 176 valence electrons. The molecule has 0 aromatic heterocycles. The van der Waals surface area contributed by atoms with Crippen molar-refractivity contribution in [2.45, 2.75) is 76.4 Å². The molecule has 1 atom stereocenters. The Morgan fingerprint density at radius 2 is 1.94 bits per heavy atom. The highest BCUT2D eigenvalue weighted by Gasteiger charge is 2.38. The Morgan fingerprint density at radius 1 is 1.16 bits per heavy atom. The third kappa shape index (κ3) is 5.03. The van der Waals surface area contributed by atoms with E-state index in [4.69, 9.17) is 21.1 Å². The zero-order valence-electron chi connectivity index (χ0n) is 20.0. The van der Waals surface area contributed by atoms with Crippen LogP contribution in [0, 0.1) is 0 Å². The highest BCUT2D eigenvalue weighted by molar-refractivity contribution is 6.33. The Morgan fingerprint density at radius 3 is 2.56 bits per heavy atom. The fourth-order valence-electron chi connectivity index (χ4n) is 5.39. The van der Waals surface area contributed by atoms with Crippen molar-refractivity contribution in [1.29, 1.82) is 0 Å². The summed E-state index contributed by atoms with van der Waals surface area (Å²) in [5.74, 6) is 1.37. The number of ether oxygens (including phenoxy) is 2. The summed E-state index contributed by atoms with van der Waals surface area (Å²) in [5, 5.41) is 4.31. The molecule has 0 amide bonds. The van der Waals surface area contributed by atoms with Crippen molar-refractivity contribution < 1.29 is 9.47 Å². The smallest absolute Gasteiger partial charge is 0.138 e. The monoisotopic (exact) mass is 458 g/mol. The van der Waals surface area contributed by atoms with Crippen molar-refractivity contribution in [1.82, 2.24) is 10.2 Å². The molecule has 4 nitrogen and oxygen atoms in total. The van der Waals surface area contributed by atoms with Gasteiger partial charge < -0.3 is 14.8 Å². The number of piperidine rings is 1. The van der Waals surface area contributed by atoms with Crippen molar-refractivity contribution in [3.8, 4) is 5.75 Å². The Kier molecular flexibility index (Phi) is 7.86. The lowest BCUT2D eigenvalue weighted by molar-refractivity contribution is -0.0417. The minimum absolute atomic E-state index is 0.157. The highest BCUT2D eigenvalue weighted by Crippen LogP contribution is 2.44. The van der Waals surface area contributed by atoms with Gasteiger partial charge >= 0.3 is 0 Å². The minimum atomic E-state index is 0.157. The van der Waals surface area contributed by atoms with Crippen LogP contribution in [-0.4, -0.2) is 43.9 Å². The lowest BCUT2D eigenvalue weighted by atomic mass is 9.79. The summed E-state index contributed by atoms with van der Waals surface area (Å²) in [6.07, 6.45) is 15.2. The Hall–Kier alpha value is -1.49. The van der Waals surface area contributed by atoms with Gasteiger partial charge in [0.05, 0.1) is 23.8 Å². The molecule has 1 N–H and O–H groups in total. The number of rotatable bonds is 5. The normalized spacial score (nSPS) is 24.9. The van der Waals surface area contributed by atoms with Crippen LogP contribution in [0.25, 0.3) is 0 Å². The van der Waals surface area contributed by atoms with Crippen LogP contribution in [0.5, 0.6) is 5.75 Å². The third-order valence-electron chi connectivity index (χ3n) is 7.53. The topological polar surface area (TPSA) is 33.7 Å². The number of hydrogen-bond acceptors (Lipinski definition) is 4. The Bertz CT molecular complexity index is 830. The molecule has 5 heteroatoms. The van der Waals surface area contributed by atoms with E-state index in [1.165, 1.54) is 61.6 Å². The van der Waals surface area contributed by atoms with E-state index < -0.39 is 0 Å². The summed E-state index contributed by atoms with van der Waals surface area (Å²) < 4.78 is 11.7. The first kappa shape index (κ1) is 23.7. The van der Waals surface area contributed by atoms with E-state index in [1.807, 2.05) is 13.8 Å². The second-order valence-electron chi connectivity index (χ2n) is 9.38. The molecule has 4 aliphatic rings. The van der Waals surface area contributed by atoms with Gasteiger partial charge in [-0.25, -0.2) is 0 Å². The standard InChI is InChI=1S/C25H33ClN2O2.C2H6/c1-29-23-16-20(15-21(24(23)26)19-4-2-5-19)22-14-18(6-10-27-22)17-28-11-8-25(9-12-28)7-3-13-30-25;1-2/h6,10,14-16,19,22,27H,2-5,7-9,11-13,17H2,1H3;1-2H3. The van der Waals surface area contributed by atoms with Crippen molar-refractivity contribution in [2.24, 2.45) is 0 Å². The Balaban J connectivity index is 0.00000119. The van der Waals surface area contributed by atoms with Gasteiger partial charge in [-0.3, -0.25) is 4.90 Å². The largest absolute Gasteiger partial charge is 0.495 e. The van der Waals surface area contributed by atoms with Gasteiger partial charge in [0.15, 0.2) is 0 Å². The summed E-state index contributed by atoms with van der Waals surface area (Å²) in [6, 6.07) is 4.54. The molecule has 3 heterocycles. The van der Waals surface area contributed by atoms with Crippen molar-refractivity contribution >= 4 is 11.6 Å². The number of dihydropyridines is 1. The van der Waals surface area contributed by atoms with Gasteiger partial charge in [0.2, 0.25) is 0 Å². The van der Waals surface area contributed by atoms with Crippen molar-refractivity contribution in [2.75, 3.05) is 33.4 Å². The predicted octanol–water partition coefficient (Wildman–Crippen LogP) is 6.37. The van der Waals surface area contributed by atoms with Gasteiger partial charge in [-0.2, -0.15) is 0 Å². The van der Waals surface area contributed by atoms with Crippen LogP contribution in [-0.2, 0) is 4.74 Å². The lowest BCUT2D eigenvalue weighted by Gasteiger charge is -2.39. The summed E-state index contributed by atoms with van der Waals surface area (Å²) in [4.78, 5) is 2.58. The molecule has 1 aliphatic carbocycles. The molecule has 1 saturated carbocycles. The quantitative estimate of drug-likeness (QED) is 0.555. The molecule has 3 aliphatic heterocycles.